The van der Waals surface area contributed by atoms with Gasteiger partial charge in [-0.3, -0.25) is 0 Å². The van der Waals surface area contributed by atoms with Crippen LogP contribution in [0.1, 0.15) is 29.2 Å². The summed E-state index contributed by atoms with van der Waals surface area (Å²) in [6, 6.07) is 18.0. The van der Waals surface area contributed by atoms with Crippen LogP contribution in [0.25, 0.3) is 6.08 Å². The smallest absolute Gasteiger partial charge is 0.334 e. The van der Waals surface area contributed by atoms with E-state index in [4.69, 9.17) is 4.74 Å². The Kier molecular flexibility index (Phi) is 3.38. The van der Waals surface area contributed by atoms with Gasteiger partial charge in [0, 0.05) is 12.0 Å². The van der Waals surface area contributed by atoms with Gasteiger partial charge in [0.25, 0.3) is 0 Å². The number of cyclic esters (lactones) is 1. The Labute approximate surface area is 118 Å². The normalized spacial score (nSPS) is 20.1. The highest BCUT2D eigenvalue weighted by Gasteiger charge is 2.29. The van der Waals surface area contributed by atoms with Gasteiger partial charge in [0.2, 0.25) is 0 Å². The first-order valence-electron chi connectivity index (χ1n) is 6.75. The summed E-state index contributed by atoms with van der Waals surface area (Å²) in [4.78, 5) is 11.9. The fourth-order valence-electron chi connectivity index (χ4n) is 2.36. The molecule has 3 rings (SSSR count). The Morgan fingerprint density at radius 2 is 1.75 bits per heavy atom. The maximum Gasteiger partial charge on any atom is 0.334 e. The van der Waals surface area contributed by atoms with Crippen LogP contribution in [0.4, 0.5) is 0 Å². The van der Waals surface area contributed by atoms with Crippen LogP contribution in [-0.4, -0.2) is 5.97 Å². The minimum atomic E-state index is -0.209. The zero-order valence-electron chi connectivity index (χ0n) is 11.4. The van der Waals surface area contributed by atoms with Crippen molar-refractivity contribution in [3.05, 3.63) is 76.9 Å². The van der Waals surface area contributed by atoms with Crippen LogP contribution >= 0.6 is 0 Å². The molecular weight excluding hydrogens is 248 g/mol. The predicted octanol–water partition coefficient (Wildman–Crippen LogP) is 4.07. The number of rotatable bonds is 2. The first-order valence-corrected chi connectivity index (χ1v) is 6.75. The molecule has 0 aromatic heterocycles. The highest BCUT2D eigenvalue weighted by molar-refractivity contribution is 5.95. The van der Waals surface area contributed by atoms with E-state index in [0.29, 0.717) is 6.42 Å². The van der Waals surface area contributed by atoms with Crippen molar-refractivity contribution in [3.8, 4) is 0 Å². The Morgan fingerprint density at radius 1 is 1.05 bits per heavy atom. The molecule has 0 amide bonds. The molecule has 0 saturated carbocycles. The molecule has 2 aromatic rings. The maximum absolute atomic E-state index is 11.9. The summed E-state index contributed by atoms with van der Waals surface area (Å²) in [7, 11) is 0. The van der Waals surface area contributed by atoms with Crippen molar-refractivity contribution in [1.82, 2.24) is 0 Å². The zero-order valence-corrected chi connectivity index (χ0v) is 11.4. The lowest BCUT2D eigenvalue weighted by Crippen LogP contribution is -1.98. The van der Waals surface area contributed by atoms with Gasteiger partial charge in [-0.1, -0.05) is 60.2 Å². The van der Waals surface area contributed by atoms with E-state index < -0.39 is 0 Å². The number of carbonyl (C=O) groups is 1. The summed E-state index contributed by atoms with van der Waals surface area (Å²) >= 11 is 0. The Balaban J connectivity index is 1.82. The third-order valence-corrected chi connectivity index (χ3v) is 3.51. The number of hydrogen-bond donors (Lipinski definition) is 0. The van der Waals surface area contributed by atoms with Crippen LogP contribution in [0.15, 0.2) is 60.2 Å². The number of aryl methyl sites for hydroxylation is 1. The molecule has 1 fully saturated rings. The molecule has 1 aliphatic heterocycles. The molecule has 0 spiro atoms. The van der Waals surface area contributed by atoms with Crippen LogP contribution in [-0.2, 0) is 9.53 Å². The van der Waals surface area contributed by atoms with E-state index in [-0.39, 0.29) is 12.1 Å². The van der Waals surface area contributed by atoms with E-state index in [1.807, 2.05) is 67.6 Å². The average molecular weight is 264 g/mol. The lowest BCUT2D eigenvalue weighted by atomic mass is 10.0. The molecule has 0 aliphatic carbocycles. The van der Waals surface area contributed by atoms with Gasteiger partial charge >= 0.3 is 5.97 Å². The molecule has 0 N–H and O–H groups in total. The number of carbonyl (C=O) groups excluding carboxylic acids is 1. The van der Waals surface area contributed by atoms with Gasteiger partial charge in [0.1, 0.15) is 6.10 Å². The highest BCUT2D eigenvalue weighted by atomic mass is 16.5. The number of esters is 1. The maximum atomic E-state index is 11.9. The highest BCUT2D eigenvalue weighted by Crippen LogP contribution is 2.33. The average Bonchev–Trinajstić information content (AvgIpc) is 2.84. The summed E-state index contributed by atoms with van der Waals surface area (Å²) in [5.41, 5.74) is 4.04. The second kappa shape index (κ2) is 5.33. The molecule has 1 aliphatic rings. The van der Waals surface area contributed by atoms with Crippen LogP contribution in [0.2, 0.25) is 0 Å². The number of benzene rings is 2. The van der Waals surface area contributed by atoms with E-state index in [2.05, 4.69) is 0 Å². The molecule has 20 heavy (non-hydrogen) atoms. The molecule has 1 heterocycles. The number of ether oxygens (including phenoxy) is 1. The Hall–Kier alpha value is -2.35. The first-order chi connectivity index (χ1) is 9.72. The van der Waals surface area contributed by atoms with Gasteiger partial charge < -0.3 is 4.74 Å². The molecule has 100 valence electrons. The fraction of sp³-hybridized carbons (Fsp3) is 0.167. The molecular formula is C18H16O2. The first kappa shape index (κ1) is 12.7. The van der Waals surface area contributed by atoms with Crippen molar-refractivity contribution in [2.24, 2.45) is 0 Å². The van der Waals surface area contributed by atoms with Crippen LogP contribution in [0.5, 0.6) is 0 Å². The Morgan fingerprint density at radius 3 is 2.45 bits per heavy atom. The van der Waals surface area contributed by atoms with Crippen molar-refractivity contribution in [2.75, 3.05) is 0 Å². The third-order valence-electron chi connectivity index (χ3n) is 3.51. The molecule has 1 saturated heterocycles. The zero-order chi connectivity index (χ0) is 13.9. The van der Waals surface area contributed by atoms with Crippen LogP contribution < -0.4 is 0 Å². The molecule has 1 unspecified atom stereocenters. The number of hydrogen-bond acceptors (Lipinski definition) is 2. The van der Waals surface area contributed by atoms with Gasteiger partial charge in [0.05, 0.1) is 0 Å². The molecule has 0 radical (unpaired) electrons. The largest absolute Gasteiger partial charge is 0.454 e. The molecule has 2 aromatic carbocycles. The van der Waals surface area contributed by atoms with Crippen LogP contribution in [0, 0.1) is 6.92 Å². The van der Waals surface area contributed by atoms with E-state index in [1.54, 1.807) is 0 Å². The second-order valence-corrected chi connectivity index (χ2v) is 5.09. The van der Waals surface area contributed by atoms with Gasteiger partial charge in [0.15, 0.2) is 0 Å². The summed E-state index contributed by atoms with van der Waals surface area (Å²) < 4.78 is 5.45. The molecule has 0 bridgehead atoms. The lowest BCUT2D eigenvalue weighted by molar-refractivity contribution is -0.139. The van der Waals surface area contributed by atoms with Gasteiger partial charge in [-0.05, 0) is 24.1 Å². The van der Waals surface area contributed by atoms with E-state index in [0.717, 1.165) is 16.7 Å². The quantitative estimate of drug-likeness (QED) is 0.604. The fourth-order valence-corrected chi connectivity index (χ4v) is 2.36. The van der Waals surface area contributed by atoms with Crippen molar-refractivity contribution in [1.29, 1.82) is 0 Å². The summed E-state index contributed by atoms with van der Waals surface area (Å²) in [5.74, 6) is -0.209. The topological polar surface area (TPSA) is 26.3 Å². The van der Waals surface area contributed by atoms with Gasteiger partial charge in [-0.2, -0.15) is 0 Å². The van der Waals surface area contributed by atoms with Gasteiger partial charge in [-0.15, -0.1) is 0 Å². The lowest BCUT2D eigenvalue weighted by Gasteiger charge is -2.07. The third kappa shape index (κ3) is 2.64. The van der Waals surface area contributed by atoms with E-state index >= 15 is 0 Å². The van der Waals surface area contributed by atoms with Crippen molar-refractivity contribution >= 4 is 12.0 Å². The monoisotopic (exact) mass is 264 g/mol. The predicted molar refractivity (Wildman–Crippen MR) is 79.0 cm³/mol. The minimum Gasteiger partial charge on any atom is -0.454 e. The summed E-state index contributed by atoms with van der Waals surface area (Å²) in [6.45, 7) is 2.05. The van der Waals surface area contributed by atoms with Gasteiger partial charge in [-0.25, -0.2) is 4.79 Å². The SMILES string of the molecule is Cc1ccc(/C=C2\CC(c3ccccc3)OC2=O)cc1. The minimum absolute atomic E-state index is 0.152. The summed E-state index contributed by atoms with van der Waals surface area (Å²) in [5, 5.41) is 0. The van der Waals surface area contributed by atoms with Crippen molar-refractivity contribution < 1.29 is 9.53 Å². The molecule has 1 atom stereocenters. The second-order valence-electron chi connectivity index (χ2n) is 5.09. The van der Waals surface area contributed by atoms with Crippen LogP contribution in [0.3, 0.4) is 0 Å². The standard InChI is InChI=1S/C18H16O2/c1-13-7-9-14(10-8-13)11-16-12-17(20-18(16)19)15-5-3-2-4-6-15/h2-11,17H,12H2,1H3/b16-11+. The van der Waals surface area contributed by atoms with E-state index in [1.165, 1.54) is 5.56 Å². The molecule has 2 nitrogen and oxygen atoms in total. The summed E-state index contributed by atoms with van der Waals surface area (Å²) in [6.07, 6.45) is 2.40. The van der Waals surface area contributed by atoms with E-state index in [9.17, 15) is 4.79 Å². The molecule has 2 heteroatoms. The Bertz CT molecular complexity index is 639. The van der Waals surface area contributed by atoms with Crippen molar-refractivity contribution in [2.45, 2.75) is 19.4 Å². The van der Waals surface area contributed by atoms with Crippen molar-refractivity contribution in [3.63, 3.8) is 0 Å².